The molecule has 1 aromatic carbocycles. The van der Waals surface area contributed by atoms with Crippen LogP contribution in [0.4, 0.5) is 13.9 Å². The molecule has 0 saturated heterocycles. The zero-order valence-corrected chi connectivity index (χ0v) is 14.5. The van der Waals surface area contributed by atoms with Crippen molar-refractivity contribution in [2.75, 3.05) is 5.32 Å². The minimum Gasteiger partial charge on any atom is -0.298 e. The van der Waals surface area contributed by atoms with Gasteiger partial charge in [0.1, 0.15) is 17.2 Å². The van der Waals surface area contributed by atoms with Crippen molar-refractivity contribution in [1.29, 1.82) is 0 Å². The van der Waals surface area contributed by atoms with Crippen molar-refractivity contribution in [3.63, 3.8) is 0 Å². The molecule has 0 fully saturated rings. The average molecular weight is 365 g/mol. The third kappa shape index (κ3) is 3.20. The van der Waals surface area contributed by atoms with Gasteiger partial charge in [0, 0.05) is 5.38 Å². The second kappa shape index (κ2) is 6.74. The lowest BCUT2D eigenvalue weighted by molar-refractivity contribution is 0.101. The Kier molecular flexibility index (Phi) is 4.68. The minimum absolute atomic E-state index is 0.279. The summed E-state index contributed by atoms with van der Waals surface area (Å²) in [6, 6.07) is 3.29. The number of carbonyl (C=O) groups is 1. The Balaban J connectivity index is 1.86. The molecule has 0 saturated carbocycles. The van der Waals surface area contributed by atoms with Gasteiger partial charge in [-0.25, -0.2) is 18.7 Å². The van der Waals surface area contributed by atoms with Crippen LogP contribution in [0.15, 0.2) is 23.6 Å². The molecule has 124 valence electrons. The summed E-state index contributed by atoms with van der Waals surface area (Å²) in [5, 5.41) is 5.68. The Hall–Kier alpha value is -2.19. The van der Waals surface area contributed by atoms with Gasteiger partial charge >= 0.3 is 0 Å². The molecule has 0 atom stereocenters. The quantitative estimate of drug-likeness (QED) is 0.731. The van der Waals surface area contributed by atoms with Crippen LogP contribution in [0.2, 0.25) is 0 Å². The average Bonchev–Trinajstić information content (AvgIpc) is 3.13. The molecule has 0 unspecified atom stereocenters. The van der Waals surface area contributed by atoms with Gasteiger partial charge in [-0.15, -0.1) is 11.3 Å². The topological polar surface area (TPSA) is 54.9 Å². The molecule has 1 N–H and O–H groups in total. The first-order valence-electron chi connectivity index (χ1n) is 7.17. The molecule has 0 aliphatic heterocycles. The fourth-order valence-electron chi connectivity index (χ4n) is 2.14. The highest BCUT2D eigenvalue weighted by Crippen LogP contribution is 2.33. The molecule has 1 amide bonds. The Labute approximate surface area is 145 Å². The Bertz CT molecular complexity index is 884. The van der Waals surface area contributed by atoms with E-state index in [0.717, 1.165) is 34.1 Å². The summed E-state index contributed by atoms with van der Waals surface area (Å²) < 4.78 is 27.3. The number of nitrogens with zero attached hydrogens (tertiary/aromatic N) is 2. The summed E-state index contributed by atoms with van der Waals surface area (Å²) in [5.74, 6) is -2.68. The highest BCUT2D eigenvalue weighted by atomic mass is 32.1. The molecular weight excluding hydrogens is 352 g/mol. The van der Waals surface area contributed by atoms with Gasteiger partial charge in [0.15, 0.2) is 5.13 Å². The number of halogens is 2. The Morgan fingerprint density at radius 3 is 2.58 bits per heavy atom. The largest absolute Gasteiger partial charge is 0.298 e. The van der Waals surface area contributed by atoms with Gasteiger partial charge in [-0.3, -0.25) is 10.1 Å². The van der Waals surface area contributed by atoms with Crippen LogP contribution in [-0.4, -0.2) is 15.9 Å². The third-order valence-electron chi connectivity index (χ3n) is 3.29. The highest BCUT2D eigenvalue weighted by Gasteiger charge is 2.20. The lowest BCUT2D eigenvalue weighted by atomic mass is 10.2. The van der Waals surface area contributed by atoms with E-state index < -0.39 is 23.1 Å². The molecule has 2 heterocycles. The Morgan fingerprint density at radius 1 is 1.25 bits per heavy atom. The van der Waals surface area contributed by atoms with Crippen molar-refractivity contribution in [2.24, 2.45) is 0 Å². The Morgan fingerprint density at radius 2 is 1.96 bits per heavy atom. The molecule has 4 nitrogen and oxygen atoms in total. The van der Waals surface area contributed by atoms with Crippen LogP contribution in [0, 0.1) is 18.6 Å². The van der Waals surface area contributed by atoms with Gasteiger partial charge in [0.05, 0.1) is 21.3 Å². The van der Waals surface area contributed by atoms with E-state index in [9.17, 15) is 13.6 Å². The molecule has 8 heteroatoms. The zero-order chi connectivity index (χ0) is 17.3. The van der Waals surface area contributed by atoms with Crippen LogP contribution in [0.3, 0.4) is 0 Å². The summed E-state index contributed by atoms with van der Waals surface area (Å²) in [5.41, 5.74) is 0.885. The first kappa shape index (κ1) is 16.7. The molecule has 0 radical (unpaired) electrons. The molecule has 0 aliphatic carbocycles. The number of anilines is 1. The van der Waals surface area contributed by atoms with Crippen LogP contribution < -0.4 is 5.32 Å². The molecule has 0 spiro atoms. The van der Waals surface area contributed by atoms with E-state index in [1.165, 1.54) is 17.4 Å². The predicted molar refractivity (Wildman–Crippen MR) is 91.6 cm³/mol. The number of hydrogen-bond acceptors (Lipinski definition) is 5. The highest BCUT2D eigenvalue weighted by molar-refractivity contribution is 7.19. The van der Waals surface area contributed by atoms with E-state index in [0.29, 0.717) is 5.69 Å². The molecule has 24 heavy (non-hydrogen) atoms. The number of rotatable bonds is 4. The number of thiazole rings is 2. The van der Waals surface area contributed by atoms with E-state index in [1.807, 2.05) is 12.3 Å². The fraction of sp³-hybridized carbons (Fsp3) is 0.188. The van der Waals surface area contributed by atoms with Crippen molar-refractivity contribution in [1.82, 2.24) is 9.97 Å². The molecule has 3 rings (SSSR count). The van der Waals surface area contributed by atoms with E-state index in [4.69, 9.17) is 0 Å². The van der Waals surface area contributed by atoms with Gasteiger partial charge < -0.3 is 0 Å². The van der Waals surface area contributed by atoms with E-state index in [1.54, 1.807) is 18.3 Å². The van der Waals surface area contributed by atoms with Gasteiger partial charge in [-0.2, -0.15) is 0 Å². The normalized spacial score (nSPS) is 10.8. The smallest absolute Gasteiger partial charge is 0.263 e. The molecule has 2 aromatic heterocycles. The van der Waals surface area contributed by atoms with E-state index >= 15 is 0 Å². The molecule has 3 aromatic rings. The van der Waals surface area contributed by atoms with Gasteiger partial charge in [0.2, 0.25) is 0 Å². The second-order valence-corrected chi connectivity index (χ2v) is 6.91. The summed E-state index contributed by atoms with van der Waals surface area (Å²) in [7, 11) is 0. The summed E-state index contributed by atoms with van der Waals surface area (Å²) in [6.07, 6.45) is 0.846. The maximum atomic E-state index is 13.7. The third-order valence-corrected chi connectivity index (χ3v) is 5.38. The van der Waals surface area contributed by atoms with E-state index in [-0.39, 0.29) is 5.13 Å². The van der Waals surface area contributed by atoms with Crippen LogP contribution in [0.5, 0.6) is 0 Å². The van der Waals surface area contributed by atoms with Gasteiger partial charge in [-0.05, 0) is 25.5 Å². The van der Waals surface area contributed by atoms with Crippen LogP contribution >= 0.6 is 22.7 Å². The monoisotopic (exact) mass is 365 g/mol. The van der Waals surface area contributed by atoms with Crippen molar-refractivity contribution >= 4 is 33.7 Å². The van der Waals surface area contributed by atoms with Gasteiger partial charge in [0.25, 0.3) is 5.91 Å². The van der Waals surface area contributed by atoms with Crippen LogP contribution in [0.1, 0.15) is 28.0 Å². The summed E-state index contributed by atoms with van der Waals surface area (Å²) in [4.78, 5) is 21.7. The number of hydrogen-bond donors (Lipinski definition) is 1. The van der Waals surface area contributed by atoms with Crippen molar-refractivity contribution in [3.8, 4) is 10.6 Å². The van der Waals surface area contributed by atoms with E-state index in [2.05, 4.69) is 15.3 Å². The first-order chi connectivity index (χ1) is 11.5. The van der Waals surface area contributed by atoms with Crippen LogP contribution in [-0.2, 0) is 6.42 Å². The molecular formula is C16H13F2N3OS2. The number of amides is 1. The second-order valence-electron chi connectivity index (χ2n) is 4.96. The first-order valence-corrected chi connectivity index (χ1v) is 8.86. The summed E-state index contributed by atoms with van der Waals surface area (Å²) in [6.45, 7) is 3.83. The van der Waals surface area contributed by atoms with Crippen molar-refractivity contribution < 1.29 is 13.6 Å². The number of aryl methyl sites for hydroxylation is 2. The number of aromatic nitrogens is 2. The minimum atomic E-state index is -0.909. The molecule has 0 bridgehead atoms. The molecule has 0 aliphatic rings. The summed E-state index contributed by atoms with van der Waals surface area (Å²) >= 11 is 2.79. The van der Waals surface area contributed by atoms with Crippen molar-refractivity contribution in [3.05, 3.63) is 51.5 Å². The predicted octanol–water partition coefficient (Wildman–Crippen LogP) is 4.67. The zero-order valence-electron chi connectivity index (χ0n) is 12.9. The lowest BCUT2D eigenvalue weighted by Crippen LogP contribution is -2.15. The maximum Gasteiger partial charge on any atom is 0.263 e. The number of carbonyl (C=O) groups excluding carboxylic acids is 1. The van der Waals surface area contributed by atoms with Crippen LogP contribution in [0.25, 0.3) is 10.6 Å². The fourth-order valence-corrected chi connectivity index (χ4v) is 3.87. The van der Waals surface area contributed by atoms with Gasteiger partial charge in [-0.1, -0.05) is 24.3 Å². The number of benzene rings is 1. The maximum absolute atomic E-state index is 13.7. The lowest BCUT2D eigenvalue weighted by Gasteiger charge is -2.04. The SMILES string of the molecule is CCc1nc(-c2sc(NC(=O)c3c(F)cccc3F)nc2C)cs1. The number of nitrogens with one attached hydrogen (secondary N) is 1. The van der Waals surface area contributed by atoms with Crippen molar-refractivity contribution in [2.45, 2.75) is 20.3 Å². The standard InChI is InChI=1S/C16H13F2N3OS2/c1-3-12-20-11(7-23-12)14-8(2)19-16(24-14)21-15(22)13-9(17)5-4-6-10(13)18/h4-7H,3H2,1-2H3,(H,19,21,22).